The van der Waals surface area contributed by atoms with E-state index in [0.717, 1.165) is 16.3 Å². The smallest absolute Gasteiger partial charge is 0.0780 e. The van der Waals surface area contributed by atoms with E-state index < -0.39 is 0 Å². The fourth-order valence-corrected chi connectivity index (χ4v) is 1.10. The SMILES string of the molecule is Cc1ccc(Cl)cc1NCNN. The first-order valence-corrected chi connectivity index (χ1v) is 4.05. The van der Waals surface area contributed by atoms with Gasteiger partial charge in [0.2, 0.25) is 0 Å². The number of hydrazine groups is 1. The zero-order valence-electron chi connectivity index (χ0n) is 6.89. The Hall–Kier alpha value is -0.770. The topological polar surface area (TPSA) is 50.1 Å². The lowest BCUT2D eigenvalue weighted by molar-refractivity contribution is 0.789. The lowest BCUT2D eigenvalue weighted by atomic mass is 10.2. The van der Waals surface area contributed by atoms with Gasteiger partial charge >= 0.3 is 0 Å². The molecule has 66 valence electrons. The van der Waals surface area contributed by atoms with Crippen LogP contribution in [0.2, 0.25) is 5.02 Å². The van der Waals surface area contributed by atoms with Gasteiger partial charge in [-0.2, -0.15) is 0 Å². The standard InChI is InChI=1S/C8H12ClN3/c1-6-2-3-7(9)4-8(6)11-5-12-10/h2-4,11-12H,5,10H2,1H3. The average molecular weight is 186 g/mol. The summed E-state index contributed by atoms with van der Waals surface area (Å²) in [7, 11) is 0. The molecule has 0 spiro atoms. The fourth-order valence-electron chi connectivity index (χ4n) is 0.931. The highest BCUT2D eigenvalue weighted by atomic mass is 35.5. The number of anilines is 1. The van der Waals surface area contributed by atoms with E-state index >= 15 is 0 Å². The van der Waals surface area contributed by atoms with Crippen molar-refractivity contribution in [2.75, 3.05) is 12.0 Å². The highest BCUT2D eigenvalue weighted by Crippen LogP contribution is 2.19. The van der Waals surface area contributed by atoms with Crippen molar-refractivity contribution in [2.45, 2.75) is 6.92 Å². The molecule has 0 amide bonds. The van der Waals surface area contributed by atoms with Crippen molar-refractivity contribution in [3.8, 4) is 0 Å². The monoisotopic (exact) mass is 185 g/mol. The van der Waals surface area contributed by atoms with Crippen LogP contribution in [0.1, 0.15) is 5.56 Å². The number of rotatable bonds is 3. The Morgan fingerprint density at radius 2 is 2.25 bits per heavy atom. The van der Waals surface area contributed by atoms with Gasteiger partial charge in [0.15, 0.2) is 0 Å². The Morgan fingerprint density at radius 1 is 1.50 bits per heavy atom. The third-order valence-electron chi connectivity index (χ3n) is 1.58. The van der Waals surface area contributed by atoms with Crippen molar-refractivity contribution in [1.29, 1.82) is 0 Å². The second-order valence-corrected chi connectivity index (χ2v) is 2.95. The van der Waals surface area contributed by atoms with Crippen molar-refractivity contribution in [1.82, 2.24) is 5.43 Å². The van der Waals surface area contributed by atoms with Crippen LogP contribution in [0, 0.1) is 6.92 Å². The number of halogens is 1. The molecule has 4 N–H and O–H groups in total. The van der Waals surface area contributed by atoms with Crippen molar-refractivity contribution in [2.24, 2.45) is 5.84 Å². The molecule has 1 rings (SSSR count). The summed E-state index contributed by atoms with van der Waals surface area (Å²) in [6.07, 6.45) is 0. The zero-order chi connectivity index (χ0) is 8.97. The molecule has 1 aromatic carbocycles. The number of aryl methyl sites for hydroxylation is 1. The minimum atomic E-state index is 0.529. The summed E-state index contributed by atoms with van der Waals surface area (Å²) in [5.41, 5.74) is 4.66. The third kappa shape index (κ3) is 2.37. The Labute approximate surface area is 76.9 Å². The van der Waals surface area contributed by atoms with E-state index in [2.05, 4.69) is 10.7 Å². The van der Waals surface area contributed by atoms with E-state index in [9.17, 15) is 0 Å². The van der Waals surface area contributed by atoms with E-state index in [-0.39, 0.29) is 0 Å². The number of benzene rings is 1. The Morgan fingerprint density at radius 3 is 2.92 bits per heavy atom. The summed E-state index contributed by atoms with van der Waals surface area (Å²) in [4.78, 5) is 0. The van der Waals surface area contributed by atoms with Gasteiger partial charge in [0.05, 0.1) is 6.67 Å². The van der Waals surface area contributed by atoms with Gasteiger partial charge in [0.1, 0.15) is 0 Å². The summed E-state index contributed by atoms with van der Waals surface area (Å²) in [5, 5.41) is 3.81. The Balaban J connectivity index is 2.75. The minimum Gasteiger partial charge on any atom is -0.371 e. The molecule has 0 saturated heterocycles. The van der Waals surface area contributed by atoms with E-state index in [0.29, 0.717) is 6.67 Å². The maximum Gasteiger partial charge on any atom is 0.0780 e. The van der Waals surface area contributed by atoms with E-state index in [1.807, 2.05) is 25.1 Å². The van der Waals surface area contributed by atoms with E-state index in [1.54, 1.807) is 0 Å². The van der Waals surface area contributed by atoms with Crippen LogP contribution in [0.25, 0.3) is 0 Å². The van der Waals surface area contributed by atoms with Crippen molar-refractivity contribution in [3.05, 3.63) is 28.8 Å². The first kappa shape index (κ1) is 9.32. The minimum absolute atomic E-state index is 0.529. The summed E-state index contributed by atoms with van der Waals surface area (Å²) >= 11 is 5.80. The molecule has 1 aromatic rings. The molecule has 0 aliphatic carbocycles. The van der Waals surface area contributed by atoms with Gasteiger partial charge in [-0.15, -0.1) is 0 Å². The van der Waals surface area contributed by atoms with E-state index in [4.69, 9.17) is 17.4 Å². The van der Waals surface area contributed by atoms with Crippen LogP contribution >= 0.6 is 11.6 Å². The number of nitrogens with two attached hydrogens (primary N) is 1. The molecule has 0 atom stereocenters. The van der Waals surface area contributed by atoms with Gasteiger partial charge in [-0.3, -0.25) is 5.84 Å². The molecule has 3 nitrogen and oxygen atoms in total. The number of hydrogen-bond donors (Lipinski definition) is 3. The highest BCUT2D eigenvalue weighted by Gasteiger charge is 1.96. The maximum atomic E-state index is 5.80. The molecule has 0 saturated carbocycles. The molecule has 0 radical (unpaired) electrons. The summed E-state index contributed by atoms with van der Waals surface area (Å²) in [6.45, 7) is 2.54. The van der Waals surface area contributed by atoms with Gasteiger partial charge in [-0.25, -0.2) is 5.43 Å². The van der Waals surface area contributed by atoms with E-state index in [1.165, 1.54) is 0 Å². The average Bonchev–Trinajstić information content (AvgIpc) is 2.07. The predicted octanol–water partition coefficient (Wildman–Crippen LogP) is 1.48. The van der Waals surface area contributed by atoms with Crippen LogP contribution in [-0.2, 0) is 0 Å². The summed E-state index contributed by atoms with van der Waals surface area (Å²) in [5.74, 6) is 5.12. The van der Waals surface area contributed by atoms with Gasteiger partial charge < -0.3 is 5.32 Å². The Kier molecular flexibility index (Phi) is 3.34. The first-order chi connectivity index (χ1) is 5.74. The van der Waals surface area contributed by atoms with Gasteiger partial charge in [-0.05, 0) is 24.6 Å². The van der Waals surface area contributed by atoms with Crippen LogP contribution in [0.3, 0.4) is 0 Å². The molecule has 4 heteroatoms. The quantitative estimate of drug-likeness (QED) is 0.380. The third-order valence-corrected chi connectivity index (χ3v) is 1.82. The van der Waals surface area contributed by atoms with Crippen molar-refractivity contribution in [3.63, 3.8) is 0 Å². The molecule has 0 unspecified atom stereocenters. The second kappa shape index (κ2) is 4.30. The molecule has 0 aromatic heterocycles. The fraction of sp³-hybridized carbons (Fsp3) is 0.250. The molecular formula is C8H12ClN3. The Bertz CT molecular complexity index is 262. The van der Waals surface area contributed by atoms with Crippen LogP contribution in [-0.4, -0.2) is 6.67 Å². The lowest BCUT2D eigenvalue weighted by Crippen LogP contribution is -2.28. The van der Waals surface area contributed by atoms with Crippen molar-refractivity contribution >= 4 is 17.3 Å². The van der Waals surface area contributed by atoms with Crippen LogP contribution in [0.4, 0.5) is 5.69 Å². The lowest BCUT2D eigenvalue weighted by Gasteiger charge is -2.08. The van der Waals surface area contributed by atoms with Gasteiger partial charge in [0.25, 0.3) is 0 Å². The molecule has 0 aliphatic rings. The number of hydrogen-bond acceptors (Lipinski definition) is 3. The van der Waals surface area contributed by atoms with Crippen molar-refractivity contribution < 1.29 is 0 Å². The molecule has 12 heavy (non-hydrogen) atoms. The summed E-state index contributed by atoms with van der Waals surface area (Å²) < 4.78 is 0. The normalized spacial score (nSPS) is 9.92. The summed E-state index contributed by atoms with van der Waals surface area (Å²) in [6, 6.07) is 5.69. The van der Waals surface area contributed by atoms with Gasteiger partial charge in [0, 0.05) is 10.7 Å². The molecule has 0 heterocycles. The van der Waals surface area contributed by atoms with Gasteiger partial charge in [-0.1, -0.05) is 17.7 Å². The van der Waals surface area contributed by atoms with Crippen LogP contribution in [0.5, 0.6) is 0 Å². The first-order valence-electron chi connectivity index (χ1n) is 3.67. The maximum absolute atomic E-state index is 5.80. The number of nitrogens with one attached hydrogen (secondary N) is 2. The highest BCUT2D eigenvalue weighted by molar-refractivity contribution is 6.30. The van der Waals surface area contributed by atoms with Crippen LogP contribution in [0.15, 0.2) is 18.2 Å². The predicted molar refractivity (Wildman–Crippen MR) is 52.0 cm³/mol. The molecule has 0 fully saturated rings. The molecule has 0 aliphatic heterocycles. The molecule has 0 bridgehead atoms. The van der Waals surface area contributed by atoms with Crippen LogP contribution < -0.4 is 16.6 Å². The second-order valence-electron chi connectivity index (χ2n) is 2.52. The largest absolute Gasteiger partial charge is 0.371 e. The molecular weight excluding hydrogens is 174 g/mol. The zero-order valence-corrected chi connectivity index (χ0v) is 7.65.